The van der Waals surface area contributed by atoms with Gasteiger partial charge in [-0.25, -0.2) is 0 Å². The second-order valence-corrected chi connectivity index (χ2v) is 5.49. The first-order valence-electron chi connectivity index (χ1n) is 7.34. The zero-order chi connectivity index (χ0) is 16.1. The maximum Gasteiger partial charge on any atom is 0.249 e. The molecule has 2 heterocycles. The largest absolute Gasteiger partial charge is 0.375 e. The molecule has 0 unspecified atom stereocenters. The first-order valence-corrected chi connectivity index (χ1v) is 7.34. The molecular formula is C15H22N4O3. The van der Waals surface area contributed by atoms with Gasteiger partial charge >= 0.3 is 0 Å². The van der Waals surface area contributed by atoms with Crippen molar-refractivity contribution >= 4 is 11.8 Å². The minimum absolute atomic E-state index is 0.0232. The average molecular weight is 306 g/mol. The lowest BCUT2D eigenvalue weighted by molar-refractivity contribution is -0.136. The van der Waals surface area contributed by atoms with E-state index in [1.807, 2.05) is 0 Å². The minimum Gasteiger partial charge on any atom is -0.375 e. The molecule has 120 valence electrons. The van der Waals surface area contributed by atoms with E-state index in [1.54, 1.807) is 29.2 Å². The van der Waals surface area contributed by atoms with Crippen molar-refractivity contribution in [1.82, 2.24) is 19.8 Å². The van der Waals surface area contributed by atoms with Gasteiger partial charge in [-0.2, -0.15) is 0 Å². The number of hydrogen-bond donors (Lipinski definition) is 0. The summed E-state index contributed by atoms with van der Waals surface area (Å²) in [6.07, 6.45) is 5.16. The van der Waals surface area contributed by atoms with Gasteiger partial charge in [0.25, 0.3) is 0 Å². The molecule has 0 aromatic carbocycles. The van der Waals surface area contributed by atoms with E-state index in [4.69, 9.17) is 4.74 Å². The molecule has 1 aromatic rings. The van der Waals surface area contributed by atoms with Crippen molar-refractivity contribution < 1.29 is 14.3 Å². The molecule has 0 spiro atoms. The Hall–Kier alpha value is -2.02. The van der Waals surface area contributed by atoms with Crippen LogP contribution in [0.2, 0.25) is 0 Å². The van der Waals surface area contributed by atoms with Crippen LogP contribution in [-0.4, -0.2) is 58.9 Å². The van der Waals surface area contributed by atoms with Crippen LogP contribution >= 0.6 is 0 Å². The van der Waals surface area contributed by atoms with Crippen molar-refractivity contribution in [2.75, 3.05) is 27.3 Å². The van der Waals surface area contributed by atoms with E-state index < -0.39 is 0 Å². The minimum atomic E-state index is -0.0577. The van der Waals surface area contributed by atoms with Crippen molar-refractivity contribution in [3.05, 3.63) is 23.8 Å². The quantitative estimate of drug-likeness (QED) is 0.803. The Morgan fingerprint density at radius 1 is 1.45 bits per heavy atom. The second kappa shape index (κ2) is 7.31. The van der Waals surface area contributed by atoms with Crippen molar-refractivity contribution in [1.29, 1.82) is 0 Å². The van der Waals surface area contributed by atoms with Crippen LogP contribution in [0.25, 0.3) is 0 Å². The molecule has 2 amide bonds. The Balaban J connectivity index is 2.14. The van der Waals surface area contributed by atoms with Crippen LogP contribution in [0.1, 0.15) is 37.2 Å². The highest BCUT2D eigenvalue weighted by atomic mass is 16.5. The zero-order valence-electron chi connectivity index (χ0n) is 13.3. The Morgan fingerprint density at radius 2 is 2.23 bits per heavy atom. The molecule has 0 saturated carbocycles. The van der Waals surface area contributed by atoms with Gasteiger partial charge in [-0.3, -0.25) is 19.6 Å². The van der Waals surface area contributed by atoms with E-state index in [0.29, 0.717) is 13.1 Å². The van der Waals surface area contributed by atoms with E-state index in [2.05, 4.69) is 9.97 Å². The van der Waals surface area contributed by atoms with Crippen molar-refractivity contribution in [2.24, 2.45) is 0 Å². The Kier molecular flexibility index (Phi) is 5.43. The summed E-state index contributed by atoms with van der Waals surface area (Å²) < 4.78 is 4.93. The Bertz CT molecular complexity index is 549. The van der Waals surface area contributed by atoms with Crippen LogP contribution in [0.5, 0.6) is 0 Å². The molecule has 7 nitrogen and oxygen atoms in total. The number of hydrogen-bond acceptors (Lipinski definition) is 5. The van der Waals surface area contributed by atoms with Crippen molar-refractivity contribution in [2.45, 2.75) is 32.4 Å². The third kappa shape index (κ3) is 3.79. The van der Waals surface area contributed by atoms with Crippen LogP contribution in [0, 0.1) is 0 Å². The van der Waals surface area contributed by atoms with E-state index in [-0.39, 0.29) is 24.5 Å². The highest BCUT2D eigenvalue weighted by Gasteiger charge is 2.31. The summed E-state index contributed by atoms with van der Waals surface area (Å²) in [5, 5.41) is 0. The molecule has 0 aliphatic carbocycles. The van der Waals surface area contributed by atoms with Gasteiger partial charge in [-0.15, -0.1) is 0 Å². The predicted octanol–water partition coefficient (Wildman–Crippen LogP) is 0.765. The number of aromatic nitrogens is 2. The lowest BCUT2D eigenvalue weighted by atomic mass is 10.1. The van der Waals surface area contributed by atoms with Crippen molar-refractivity contribution in [3.8, 4) is 0 Å². The highest BCUT2D eigenvalue weighted by Crippen LogP contribution is 2.30. The van der Waals surface area contributed by atoms with Gasteiger partial charge in [0.1, 0.15) is 6.61 Å². The lowest BCUT2D eigenvalue weighted by Crippen LogP contribution is -2.34. The highest BCUT2D eigenvalue weighted by molar-refractivity contribution is 5.78. The van der Waals surface area contributed by atoms with Gasteiger partial charge in [0.2, 0.25) is 11.8 Å². The van der Waals surface area contributed by atoms with Gasteiger partial charge in [0.05, 0.1) is 36.4 Å². The van der Waals surface area contributed by atoms with Crippen LogP contribution in [0.15, 0.2) is 12.4 Å². The summed E-state index contributed by atoms with van der Waals surface area (Å²) in [6.45, 7) is 2.72. The fraction of sp³-hybridized carbons (Fsp3) is 0.600. The fourth-order valence-corrected chi connectivity index (χ4v) is 2.59. The molecule has 1 fully saturated rings. The number of nitrogens with zero attached hydrogens (tertiary/aromatic N) is 4. The topological polar surface area (TPSA) is 75.6 Å². The number of amides is 2. The molecule has 22 heavy (non-hydrogen) atoms. The maximum atomic E-state index is 12.1. The van der Waals surface area contributed by atoms with E-state index in [0.717, 1.165) is 24.2 Å². The molecular weight excluding hydrogens is 284 g/mol. The summed E-state index contributed by atoms with van der Waals surface area (Å²) in [6, 6.07) is -0.0577. The first kappa shape index (κ1) is 16.4. The average Bonchev–Trinajstić information content (AvgIpc) is 2.97. The van der Waals surface area contributed by atoms with Crippen molar-refractivity contribution in [3.63, 3.8) is 0 Å². The SMILES string of the molecule is COCC(=O)N1CCC[C@H]1c1cncc(CN(C)C(C)=O)n1. The van der Waals surface area contributed by atoms with Gasteiger partial charge in [0, 0.05) is 27.6 Å². The molecule has 7 heteroatoms. The Labute approximate surface area is 130 Å². The fourth-order valence-electron chi connectivity index (χ4n) is 2.59. The predicted molar refractivity (Wildman–Crippen MR) is 79.7 cm³/mol. The Morgan fingerprint density at radius 3 is 2.91 bits per heavy atom. The molecule has 1 aliphatic rings. The summed E-state index contributed by atoms with van der Waals surface area (Å²) in [5.74, 6) is -0.0528. The van der Waals surface area contributed by atoms with Gasteiger partial charge in [-0.05, 0) is 12.8 Å². The third-order valence-electron chi connectivity index (χ3n) is 3.82. The van der Waals surface area contributed by atoms with Gasteiger partial charge < -0.3 is 14.5 Å². The molecule has 1 saturated heterocycles. The van der Waals surface area contributed by atoms with Crippen LogP contribution in [0.3, 0.4) is 0 Å². The zero-order valence-corrected chi connectivity index (χ0v) is 13.3. The van der Waals surface area contributed by atoms with Gasteiger partial charge in [-0.1, -0.05) is 0 Å². The molecule has 0 N–H and O–H groups in total. The van der Waals surface area contributed by atoms with Gasteiger partial charge in [0.15, 0.2) is 0 Å². The number of carbonyl (C=O) groups excluding carboxylic acids is 2. The monoisotopic (exact) mass is 306 g/mol. The van der Waals surface area contributed by atoms with E-state index >= 15 is 0 Å². The maximum absolute atomic E-state index is 12.1. The number of rotatable bonds is 5. The van der Waals surface area contributed by atoms with Crippen LogP contribution in [0.4, 0.5) is 0 Å². The molecule has 2 rings (SSSR count). The summed E-state index contributed by atoms with van der Waals surface area (Å²) in [5.41, 5.74) is 1.50. The summed E-state index contributed by atoms with van der Waals surface area (Å²) in [4.78, 5) is 35.6. The summed E-state index contributed by atoms with van der Waals surface area (Å²) in [7, 11) is 3.24. The molecule has 1 aliphatic heterocycles. The number of methoxy groups -OCH3 is 1. The molecule has 0 radical (unpaired) electrons. The standard InChI is InChI=1S/C15H22N4O3/c1-11(20)18(2)9-12-7-16-8-13(17-12)14-5-4-6-19(14)15(21)10-22-3/h7-8,14H,4-6,9-10H2,1-3H3/t14-/m0/s1. The molecule has 1 aromatic heterocycles. The lowest BCUT2D eigenvalue weighted by Gasteiger charge is -2.24. The number of ether oxygens (including phenoxy) is 1. The third-order valence-corrected chi connectivity index (χ3v) is 3.82. The smallest absolute Gasteiger partial charge is 0.249 e. The first-order chi connectivity index (χ1) is 10.5. The number of likely N-dealkylation sites (tertiary alicyclic amines) is 1. The number of carbonyl (C=O) groups is 2. The second-order valence-electron chi connectivity index (χ2n) is 5.49. The van der Waals surface area contributed by atoms with E-state index in [1.165, 1.54) is 14.0 Å². The normalized spacial score (nSPS) is 17.6. The van der Waals surface area contributed by atoms with Crippen LogP contribution in [-0.2, 0) is 20.9 Å². The molecule has 0 bridgehead atoms. The van der Waals surface area contributed by atoms with E-state index in [9.17, 15) is 9.59 Å². The summed E-state index contributed by atoms with van der Waals surface area (Å²) >= 11 is 0. The molecule has 1 atom stereocenters. The van der Waals surface area contributed by atoms with Crippen LogP contribution < -0.4 is 0 Å².